The average Bonchev–Trinajstić information content (AvgIpc) is 2.45. The van der Waals surface area contributed by atoms with E-state index in [1.807, 2.05) is 7.05 Å². The van der Waals surface area contributed by atoms with Gasteiger partial charge in [-0.2, -0.15) is 0 Å². The molecule has 0 atom stereocenters. The highest BCUT2D eigenvalue weighted by molar-refractivity contribution is 14.0. The Morgan fingerprint density at radius 2 is 1.95 bits per heavy atom. The van der Waals surface area contributed by atoms with Crippen LogP contribution in [-0.2, 0) is 14.8 Å². The van der Waals surface area contributed by atoms with E-state index >= 15 is 0 Å². The first-order valence-electron chi connectivity index (χ1n) is 7.36. The summed E-state index contributed by atoms with van der Waals surface area (Å²) in [6, 6.07) is 0. The van der Waals surface area contributed by atoms with Crippen LogP contribution >= 0.6 is 24.0 Å². The van der Waals surface area contributed by atoms with E-state index in [9.17, 15) is 8.42 Å². The third-order valence-electron chi connectivity index (χ3n) is 3.56. The molecule has 0 aromatic heterocycles. The minimum Gasteiger partial charge on any atom is -0.381 e. The third kappa shape index (κ3) is 9.80. The third-order valence-corrected chi connectivity index (χ3v) is 4.29. The van der Waals surface area contributed by atoms with Gasteiger partial charge in [0.1, 0.15) is 0 Å². The van der Waals surface area contributed by atoms with Gasteiger partial charge in [-0.3, -0.25) is 4.99 Å². The van der Waals surface area contributed by atoms with Crippen LogP contribution in [-0.4, -0.2) is 72.5 Å². The molecule has 0 aromatic carbocycles. The molecule has 2 N–H and O–H groups in total. The summed E-state index contributed by atoms with van der Waals surface area (Å²) in [5.41, 5.74) is 0. The Bertz CT molecular complexity index is 425. The molecule has 0 amide bonds. The zero-order chi connectivity index (χ0) is 15.7. The molecule has 0 aromatic rings. The molecule has 0 saturated carbocycles. The van der Waals surface area contributed by atoms with Gasteiger partial charge in [0.25, 0.3) is 0 Å². The van der Waals surface area contributed by atoms with Crippen LogP contribution in [0.5, 0.6) is 0 Å². The molecular weight excluding hydrogens is 419 g/mol. The first-order valence-corrected chi connectivity index (χ1v) is 9.25. The summed E-state index contributed by atoms with van der Waals surface area (Å²) >= 11 is 0. The molecule has 0 radical (unpaired) electrons. The molecule has 1 aliphatic heterocycles. The van der Waals surface area contributed by atoms with E-state index in [2.05, 4.69) is 19.9 Å². The Morgan fingerprint density at radius 3 is 2.50 bits per heavy atom. The molecule has 1 heterocycles. The fraction of sp³-hybridized carbons (Fsp3) is 0.923. The van der Waals surface area contributed by atoms with E-state index in [-0.39, 0.29) is 24.0 Å². The van der Waals surface area contributed by atoms with Crippen LogP contribution < -0.4 is 10.0 Å². The fourth-order valence-electron chi connectivity index (χ4n) is 2.31. The van der Waals surface area contributed by atoms with Gasteiger partial charge in [-0.25, -0.2) is 13.1 Å². The van der Waals surface area contributed by atoms with Crippen molar-refractivity contribution in [3.63, 3.8) is 0 Å². The second-order valence-electron chi connectivity index (χ2n) is 5.41. The van der Waals surface area contributed by atoms with E-state index in [1.54, 1.807) is 7.05 Å². The Kier molecular flexibility index (Phi) is 11.3. The molecule has 9 heteroatoms. The molecule has 132 valence electrons. The zero-order valence-electron chi connectivity index (χ0n) is 13.7. The second-order valence-corrected chi connectivity index (χ2v) is 7.24. The number of guanidine groups is 1. The van der Waals surface area contributed by atoms with Gasteiger partial charge >= 0.3 is 0 Å². The van der Waals surface area contributed by atoms with Crippen molar-refractivity contribution in [1.29, 1.82) is 0 Å². The number of aliphatic imine (C=N–C) groups is 1. The zero-order valence-corrected chi connectivity index (χ0v) is 16.8. The maximum absolute atomic E-state index is 11.0. The maximum Gasteiger partial charge on any atom is 0.208 e. The lowest BCUT2D eigenvalue weighted by atomic mass is 9.96. The molecule has 0 aliphatic carbocycles. The lowest BCUT2D eigenvalue weighted by molar-refractivity contribution is 0.0625. The molecular formula is C13H29IN4O3S. The summed E-state index contributed by atoms with van der Waals surface area (Å²) in [5, 5.41) is 3.15. The average molecular weight is 448 g/mol. The Hall–Kier alpha value is -0.130. The van der Waals surface area contributed by atoms with E-state index in [0.717, 1.165) is 57.2 Å². The molecule has 22 heavy (non-hydrogen) atoms. The number of ether oxygens (including phenoxy) is 1. The monoisotopic (exact) mass is 448 g/mol. The van der Waals surface area contributed by atoms with Crippen molar-refractivity contribution in [3.8, 4) is 0 Å². The number of nitrogens with zero attached hydrogens (tertiary/aromatic N) is 2. The van der Waals surface area contributed by atoms with Crippen molar-refractivity contribution in [1.82, 2.24) is 14.9 Å². The molecule has 1 fully saturated rings. The van der Waals surface area contributed by atoms with E-state index < -0.39 is 10.0 Å². The normalized spacial score (nSPS) is 17.0. The predicted octanol–water partition coefficient (Wildman–Crippen LogP) is 0.478. The minimum absolute atomic E-state index is 0. The summed E-state index contributed by atoms with van der Waals surface area (Å²) in [5.74, 6) is 1.52. The van der Waals surface area contributed by atoms with Crippen molar-refractivity contribution in [3.05, 3.63) is 0 Å². The fourth-order valence-corrected chi connectivity index (χ4v) is 2.79. The molecule has 1 saturated heterocycles. The highest BCUT2D eigenvalue weighted by atomic mass is 127. The Morgan fingerprint density at radius 1 is 1.32 bits per heavy atom. The van der Waals surface area contributed by atoms with Crippen LogP contribution in [0.4, 0.5) is 0 Å². The Labute approximate surface area is 151 Å². The molecule has 0 bridgehead atoms. The SMILES string of the molecule is CN=C(NCCNS(C)(=O)=O)N(C)CCC1CCOCC1.I. The van der Waals surface area contributed by atoms with E-state index in [1.165, 1.54) is 0 Å². The smallest absolute Gasteiger partial charge is 0.208 e. The summed E-state index contributed by atoms with van der Waals surface area (Å²) < 4.78 is 29.7. The second kappa shape index (κ2) is 11.4. The van der Waals surface area contributed by atoms with E-state index in [0.29, 0.717) is 13.1 Å². The van der Waals surface area contributed by atoms with Gasteiger partial charge in [-0.1, -0.05) is 0 Å². The minimum atomic E-state index is -3.13. The number of nitrogens with one attached hydrogen (secondary N) is 2. The van der Waals surface area contributed by atoms with Gasteiger partial charge in [0.2, 0.25) is 10.0 Å². The number of hydrogen-bond donors (Lipinski definition) is 2. The van der Waals surface area contributed by atoms with Crippen LogP contribution in [0.25, 0.3) is 0 Å². The first-order chi connectivity index (χ1) is 9.92. The largest absolute Gasteiger partial charge is 0.381 e. The molecule has 1 rings (SSSR count). The highest BCUT2D eigenvalue weighted by Gasteiger charge is 2.15. The summed E-state index contributed by atoms with van der Waals surface area (Å²) in [6.45, 7) is 3.55. The molecule has 7 nitrogen and oxygen atoms in total. The van der Waals surface area contributed by atoms with E-state index in [4.69, 9.17) is 4.74 Å². The highest BCUT2D eigenvalue weighted by Crippen LogP contribution is 2.18. The molecule has 0 spiro atoms. The lowest BCUT2D eigenvalue weighted by Gasteiger charge is -2.26. The van der Waals surface area contributed by atoms with Crippen molar-refractivity contribution >= 4 is 40.0 Å². The van der Waals surface area contributed by atoms with Crippen molar-refractivity contribution < 1.29 is 13.2 Å². The first kappa shape index (κ1) is 21.9. The Balaban J connectivity index is 0.00000441. The number of halogens is 1. The van der Waals surface area contributed by atoms with Gasteiger partial charge in [-0.05, 0) is 25.2 Å². The molecule has 0 unspecified atom stereocenters. The number of hydrogen-bond acceptors (Lipinski definition) is 4. The van der Waals surface area contributed by atoms with Crippen molar-refractivity contribution in [2.75, 3.05) is 53.2 Å². The summed E-state index contributed by atoms with van der Waals surface area (Å²) in [7, 11) is 0.603. The van der Waals surface area contributed by atoms with Crippen molar-refractivity contribution in [2.45, 2.75) is 19.3 Å². The van der Waals surface area contributed by atoms with Gasteiger partial charge in [0.05, 0.1) is 6.26 Å². The van der Waals surface area contributed by atoms with Crippen molar-refractivity contribution in [2.24, 2.45) is 10.9 Å². The molecule has 1 aliphatic rings. The van der Waals surface area contributed by atoms with Gasteiger partial charge in [0, 0.05) is 46.9 Å². The van der Waals surface area contributed by atoms with Gasteiger partial charge in [0.15, 0.2) is 5.96 Å². The predicted molar refractivity (Wildman–Crippen MR) is 100 cm³/mol. The van der Waals surface area contributed by atoms with Crippen LogP contribution in [0.3, 0.4) is 0 Å². The van der Waals surface area contributed by atoms with Crippen LogP contribution in [0.15, 0.2) is 4.99 Å². The summed E-state index contributed by atoms with van der Waals surface area (Å²) in [4.78, 5) is 6.29. The van der Waals surface area contributed by atoms with Crippen LogP contribution in [0, 0.1) is 5.92 Å². The lowest BCUT2D eigenvalue weighted by Crippen LogP contribution is -2.43. The van der Waals surface area contributed by atoms with Gasteiger partial charge in [-0.15, -0.1) is 24.0 Å². The van der Waals surface area contributed by atoms with Crippen LogP contribution in [0.2, 0.25) is 0 Å². The quantitative estimate of drug-likeness (QED) is 0.256. The van der Waals surface area contributed by atoms with Gasteiger partial charge < -0.3 is 15.0 Å². The maximum atomic E-state index is 11.0. The number of rotatable bonds is 7. The summed E-state index contributed by atoms with van der Waals surface area (Å²) in [6.07, 6.45) is 4.56. The van der Waals surface area contributed by atoms with Crippen LogP contribution in [0.1, 0.15) is 19.3 Å². The number of sulfonamides is 1. The standard InChI is InChI=1S/C13H28N4O3S.HI/c1-14-13(15-7-8-16-21(3,18)19)17(2)9-4-12-5-10-20-11-6-12;/h12,16H,4-11H2,1-3H3,(H,14,15);1H. The topological polar surface area (TPSA) is 83.0 Å².